The summed E-state index contributed by atoms with van der Waals surface area (Å²) >= 11 is 2.16. The second-order valence-electron chi connectivity index (χ2n) is 7.26. The van der Waals surface area contributed by atoms with E-state index in [1.807, 2.05) is 30.3 Å². The van der Waals surface area contributed by atoms with E-state index in [2.05, 4.69) is 56.3 Å². The van der Waals surface area contributed by atoms with Gasteiger partial charge in [0.25, 0.3) is 0 Å². The Balaban J connectivity index is 1.47. The fourth-order valence-corrected chi connectivity index (χ4v) is 4.10. The van der Waals surface area contributed by atoms with Gasteiger partial charge in [-0.05, 0) is 68.8 Å². The summed E-state index contributed by atoms with van der Waals surface area (Å²) in [6.45, 7) is 0.377. The van der Waals surface area contributed by atoms with Crippen molar-refractivity contribution in [2.24, 2.45) is 5.10 Å². The number of methoxy groups -OCH3 is 1. The first-order valence-corrected chi connectivity index (χ1v) is 11.2. The lowest BCUT2D eigenvalue weighted by atomic mass is 10.1. The number of hydrogen-bond acceptors (Lipinski definition) is 5. The minimum absolute atomic E-state index is 0.195. The molecule has 9 heteroatoms. The molecule has 5 nitrogen and oxygen atoms in total. The van der Waals surface area contributed by atoms with Crippen LogP contribution in [0, 0.1) is 3.57 Å². The molecule has 0 aliphatic heterocycles. The molecular formula is C25H19F3IN3O2. The number of fused-ring (bicyclic) bond motifs is 1. The molecule has 0 spiro atoms. The van der Waals surface area contributed by atoms with Crippen molar-refractivity contribution in [3.05, 3.63) is 93.2 Å². The number of benzene rings is 3. The van der Waals surface area contributed by atoms with Gasteiger partial charge in [0.2, 0.25) is 0 Å². The molecule has 0 aliphatic carbocycles. The van der Waals surface area contributed by atoms with Gasteiger partial charge in [-0.1, -0.05) is 42.5 Å². The van der Waals surface area contributed by atoms with E-state index in [0.29, 0.717) is 18.1 Å². The third-order valence-electron chi connectivity index (χ3n) is 4.99. The second kappa shape index (κ2) is 10.3. The van der Waals surface area contributed by atoms with Crippen molar-refractivity contribution in [3.63, 3.8) is 0 Å². The summed E-state index contributed by atoms with van der Waals surface area (Å²) in [6, 6.07) is 20.0. The summed E-state index contributed by atoms with van der Waals surface area (Å²) < 4.78 is 50.4. The number of halogens is 4. The Bertz CT molecular complexity index is 1320. The maximum atomic E-state index is 12.6. The molecule has 0 radical (unpaired) electrons. The van der Waals surface area contributed by atoms with Crippen molar-refractivity contribution in [3.8, 4) is 11.5 Å². The van der Waals surface area contributed by atoms with E-state index in [9.17, 15) is 13.2 Å². The number of ether oxygens (including phenoxy) is 2. The van der Waals surface area contributed by atoms with Crippen molar-refractivity contribution in [1.29, 1.82) is 0 Å². The Morgan fingerprint density at radius 3 is 2.59 bits per heavy atom. The SMILES string of the molecule is COc1cc(/C=N\Nc2ccc(C(F)(F)F)cn2)cc(I)c1OCc1cccc2ccccc12. The smallest absolute Gasteiger partial charge is 0.417 e. The molecule has 4 rings (SSSR count). The molecule has 0 aliphatic rings. The molecule has 1 aromatic heterocycles. The van der Waals surface area contributed by atoms with Crippen molar-refractivity contribution in [2.75, 3.05) is 12.5 Å². The molecule has 0 unspecified atom stereocenters. The number of hydrazone groups is 1. The molecule has 1 N–H and O–H groups in total. The first-order chi connectivity index (χ1) is 16.3. The lowest BCUT2D eigenvalue weighted by Crippen LogP contribution is -2.05. The lowest BCUT2D eigenvalue weighted by molar-refractivity contribution is -0.137. The zero-order valence-corrected chi connectivity index (χ0v) is 20.1. The highest BCUT2D eigenvalue weighted by Gasteiger charge is 2.30. The van der Waals surface area contributed by atoms with Crippen molar-refractivity contribution in [2.45, 2.75) is 12.8 Å². The summed E-state index contributed by atoms with van der Waals surface area (Å²) in [6.07, 6.45) is -2.15. The van der Waals surface area contributed by atoms with E-state index >= 15 is 0 Å². The highest BCUT2D eigenvalue weighted by molar-refractivity contribution is 14.1. The van der Waals surface area contributed by atoms with E-state index in [1.54, 1.807) is 13.2 Å². The zero-order chi connectivity index (χ0) is 24.1. The van der Waals surface area contributed by atoms with E-state index in [0.717, 1.165) is 37.7 Å². The number of hydrogen-bond donors (Lipinski definition) is 1. The number of anilines is 1. The quantitative estimate of drug-likeness (QED) is 0.148. The Morgan fingerprint density at radius 2 is 1.85 bits per heavy atom. The van der Waals surface area contributed by atoms with Gasteiger partial charge in [0, 0.05) is 6.20 Å². The average Bonchev–Trinajstić information content (AvgIpc) is 2.83. The summed E-state index contributed by atoms with van der Waals surface area (Å²) in [7, 11) is 1.56. The van der Waals surface area contributed by atoms with Crippen LogP contribution in [0.2, 0.25) is 0 Å². The van der Waals surface area contributed by atoms with Crippen LogP contribution in [0.15, 0.2) is 78.0 Å². The summed E-state index contributed by atoms with van der Waals surface area (Å²) in [5.74, 6) is 1.35. The Hall–Kier alpha value is -3.34. The van der Waals surface area contributed by atoms with Crippen LogP contribution >= 0.6 is 22.6 Å². The second-order valence-corrected chi connectivity index (χ2v) is 8.42. The Morgan fingerprint density at radius 1 is 1.06 bits per heavy atom. The standard InChI is InChI=1S/C25H19F3IN3O2/c1-33-22-12-16(13-31-32-23-10-9-19(14-30-23)25(26,27)28)11-21(29)24(22)34-15-18-7-4-6-17-5-2-3-8-20(17)18/h2-14H,15H2,1H3,(H,30,32)/b31-13-. The van der Waals surface area contributed by atoms with Gasteiger partial charge in [-0.3, -0.25) is 5.43 Å². The fraction of sp³-hybridized carbons (Fsp3) is 0.120. The summed E-state index contributed by atoms with van der Waals surface area (Å²) in [5, 5.41) is 6.33. The van der Waals surface area contributed by atoms with Crippen LogP contribution in [0.5, 0.6) is 11.5 Å². The fourth-order valence-electron chi connectivity index (χ4n) is 3.32. The minimum atomic E-state index is -4.43. The normalized spacial score (nSPS) is 11.7. The molecule has 0 amide bonds. The van der Waals surface area contributed by atoms with Gasteiger partial charge in [0.1, 0.15) is 12.4 Å². The highest BCUT2D eigenvalue weighted by atomic mass is 127. The van der Waals surface area contributed by atoms with Crippen molar-refractivity contribution in [1.82, 2.24) is 4.98 Å². The molecule has 1 heterocycles. The largest absolute Gasteiger partial charge is 0.493 e. The molecule has 174 valence electrons. The van der Waals surface area contributed by atoms with Crippen LogP contribution in [-0.2, 0) is 12.8 Å². The van der Waals surface area contributed by atoms with Crippen molar-refractivity contribution >= 4 is 45.4 Å². The predicted octanol–water partition coefficient (Wildman–Crippen LogP) is 6.89. The van der Waals surface area contributed by atoms with Crippen LogP contribution in [0.1, 0.15) is 16.7 Å². The number of nitrogens with zero attached hydrogens (tertiary/aromatic N) is 2. The molecule has 4 aromatic rings. The predicted molar refractivity (Wildman–Crippen MR) is 134 cm³/mol. The highest BCUT2D eigenvalue weighted by Crippen LogP contribution is 2.35. The molecule has 0 bridgehead atoms. The minimum Gasteiger partial charge on any atom is -0.493 e. The molecule has 34 heavy (non-hydrogen) atoms. The molecule has 0 fully saturated rings. The van der Waals surface area contributed by atoms with Gasteiger partial charge < -0.3 is 9.47 Å². The van der Waals surface area contributed by atoms with Gasteiger partial charge in [-0.2, -0.15) is 18.3 Å². The van der Waals surface area contributed by atoms with Crippen molar-refractivity contribution < 1.29 is 22.6 Å². The third-order valence-corrected chi connectivity index (χ3v) is 5.79. The van der Waals surface area contributed by atoms with E-state index < -0.39 is 11.7 Å². The van der Waals surface area contributed by atoms with Crippen LogP contribution in [0.3, 0.4) is 0 Å². The van der Waals surface area contributed by atoms with E-state index in [4.69, 9.17) is 9.47 Å². The number of nitrogens with one attached hydrogen (secondary N) is 1. The molecule has 0 saturated heterocycles. The Labute approximate surface area is 207 Å². The average molecular weight is 577 g/mol. The first kappa shape index (κ1) is 23.8. The van der Waals surface area contributed by atoms with Crippen LogP contribution in [0.4, 0.5) is 19.0 Å². The number of alkyl halides is 3. The number of aromatic nitrogens is 1. The van der Waals surface area contributed by atoms with Crippen LogP contribution in [-0.4, -0.2) is 18.3 Å². The van der Waals surface area contributed by atoms with Crippen LogP contribution < -0.4 is 14.9 Å². The number of rotatable bonds is 7. The lowest BCUT2D eigenvalue weighted by Gasteiger charge is -2.14. The van der Waals surface area contributed by atoms with Gasteiger partial charge >= 0.3 is 6.18 Å². The maximum absolute atomic E-state index is 12.6. The molecule has 0 saturated carbocycles. The van der Waals surface area contributed by atoms with Gasteiger partial charge in [-0.25, -0.2) is 4.98 Å². The molecular weight excluding hydrogens is 558 g/mol. The summed E-state index contributed by atoms with van der Waals surface area (Å²) in [5.41, 5.74) is 3.59. The van der Waals surface area contributed by atoms with E-state index in [-0.39, 0.29) is 5.82 Å². The van der Waals surface area contributed by atoms with Gasteiger partial charge in [-0.15, -0.1) is 0 Å². The van der Waals surface area contributed by atoms with E-state index in [1.165, 1.54) is 12.3 Å². The summed E-state index contributed by atoms with van der Waals surface area (Å²) in [4.78, 5) is 3.73. The molecule has 0 atom stereocenters. The Kier molecular flexibility index (Phi) is 7.20. The third kappa shape index (κ3) is 5.58. The molecule has 3 aromatic carbocycles. The van der Waals surface area contributed by atoms with Gasteiger partial charge in [0.15, 0.2) is 11.5 Å². The topological polar surface area (TPSA) is 55.7 Å². The monoisotopic (exact) mass is 577 g/mol. The maximum Gasteiger partial charge on any atom is 0.417 e. The first-order valence-electron chi connectivity index (χ1n) is 10.1. The van der Waals surface area contributed by atoms with Gasteiger partial charge in [0.05, 0.1) is 22.5 Å². The number of pyridine rings is 1. The van der Waals surface area contributed by atoms with Crippen LogP contribution in [0.25, 0.3) is 10.8 Å². The zero-order valence-electron chi connectivity index (χ0n) is 17.9.